The molecule has 1 atom stereocenters. The topological polar surface area (TPSA) is 9.23 Å². The standard InChI is InChI=1S/C20H24O/c1-4-8-16(2)13-19-11-12-20(14-17(19)3)21-15-18-9-6-5-7-10-18/h4-12,14,16H,13,15H2,1-3H3/b8-4-. The van der Waals surface area contributed by atoms with Crippen LogP contribution in [0.3, 0.4) is 0 Å². The molecular weight excluding hydrogens is 256 g/mol. The van der Waals surface area contributed by atoms with Crippen molar-refractivity contribution in [1.82, 2.24) is 0 Å². The van der Waals surface area contributed by atoms with E-state index in [0.29, 0.717) is 12.5 Å². The van der Waals surface area contributed by atoms with E-state index in [0.717, 1.165) is 12.2 Å². The zero-order chi connectivity index (χ0) is 15.1. The van der Waals surface area contributed by atoms with Crippen LogP contribution >= 0.6 is 0 Å². The molecule has 1 nitrogen and oxygen atoms in total. The summed E-state index contributed by atoms with van der Waals surface area (Å²) in [4.78, 5) is 0. The Bertz CT molecular complexity index is 584. The average Bonchev–Trinajstić information content (AvgIpc) is 2.49. The molecule has 0 aliphatic heterocycles. The second-order valence-electron chi connectivity index (χ2n) is 5.57. The summed E-state index contributed by atoms with van der Waals surface area (Å²) in [6, 6.07) is 16.7. The second kappa shape index (κ2) is 7.68. The van der Waals surface area contributed by atoms with Crippen molar-refractivity contribution in [1.29, 1.82) is 0 Å². The Hall–Kier alpha value is -2.02. The molecule has 2 aromatic rings. The SMILES string of the molecule is C/C=C\C(C)Cc1ccc(OCc2ccccc2)cc1C. The highest BCUT2D eigenvalue weighted by Gasteiger charge is 2.05. The summed E-state index contributed by atoms with van der Waals surface area (Å²) in [6.45, 7) is 7.10. The van der Waals surface area contributed by atoms with E-state index in [4.69, 9.17) is 4.74 Å². The Balaban J connectivity index is 1.98. The molecule has 0 bridgehead atoms. The van der Waals surface area contributed by atoms with Crippen LogP contribution in [0, 0.1) is 12.8 Å². The molecule has 21 heavy (non-hydrogen) atoms. The number of ether oxygens (including phenoxy) is 1. The van der Waals surface area contributed by atoms with Gasteiger partial charge in [0.25, 0.3) is 0 Å². The molecule has 1 heteroatoms. The molecule has 0 aliphatic rings. The summed E-state index contributed by atoms with van der Waals surface area (Å²) in [5.41, 5.74) is 3.89. The summed E-state index contributed by atoms with van der Waals surface area (Å²) in [7, 11) is 0. The van der Waals surface area contributed by atoms with Gasteiger partial charge in [-0.2, -0.15) is 0 Å². The monoisotopic (exact) mass is 280 g/mol. The predicted octanol–water partition coefficient (Wildman–Crippen LogP) is 5.33. The maximum absolute atomic E-state index is 5.87. The van der Waals surface area contributed by atoms with E-state index < -0.39 is 0 Å². The van der Waals surface area contributed by atoms with Crippen molar-refractivity contribution in [3.8, 4) is 5.75 Å². The van der Waals surface area contributed by atoms with Crippen molar-refractivity contribution in [2.75, 3.05) is 0 Å². The normalized spacial score (nSPS) is 12.5. The highest BCUT2D eigenvalue weighted by Crippen LogP contribution is 2.21. The van der Waals surface area contributed by atoms with Gasteiger partial charge in [-0.05, 0) is 55.0 Å². The third-order valence-electron chi connectivity index (χ3n) is 3.63. The van der Waals surface area contributed by atoms with Gasteiger partial charge in [0.2, 0.25) is 0 Å². The third-order valence-corrected chi connectivity index (χ3v) is 3.63. The number of hydrogen-bond donors (Lipinski definition) is 0. The first-order valence-electron chi connectivity index (χ1n) is 7.58. The predicted molar refractivity (Wildman–Crippen MR) is 89.6 cm³/mol. The van der Waals surface area contributed by atoms with Crippen molar-refractivity contribution in [2.24, 2.45) is 5.92 Å². The Kier molecular flexibility index (Phi) is 5.62. The van der Waals surface area contributed by atoms with Crippen molar-refractivity contribution >= 4 is 0 Å². The lowest BCUT2D eigenvalue weighted by molar-refractivity contribution is 0.306. The first kappa shape index (κ1) is 15.4. The smallest absolute Gasteiger partial charge is 0.120 e. The van der Waals surface area contributed by atoms with Crippen LogP contribution in [-0.2, 0) is 13.0 Å². The Morgan fingerprint density at radius 2 is 1.86 bits per heavy atom. The van der Waals surface area contributed by atoms with Crippen molar-refractivity contribution in [2.45, 2.75) is 33.8 Å². The lowest BCUT2D eigenvalue weighted by atomic mass is 9.97. The number of rotatable bonds is 6. The van der Waals surface area contributed by atoms with E-state index >= 15 is 0 Å². The zero-order valence-electron chi connectivity index (χ0n) is 13.2. The van der Waals surface area contributed by atoms with Gasteiger partial charge in [-0.15, -0.1) is 0 Å². The lowest BCUT2D eigenvalue weighted by Gasteiger charge is -2.12. The Morgan fingerprint density at radius 3 is 2.52 bits per heavy atom. The molecule has 0 heterocycles. The molecular formula is C20H24O. The number of benzene rings is 2. The van der Waals surface area contributed by atoms with Crippen molar-refractivity contribution < 1.29 is 4.74 Å². The van der Waals surface area contributed by atoms with Gasteiger partial charge in [0.05, 0.1) is 0 Å². The summed E-state index contributed by atoms with van der Waals surface area (Å²) in [5.74, 6) is 1.52. The van der Waals surface area contributed by atoms with Crippen LogP contribution in [0.2, 0.25) is 0 Å². The minimum Gasteiger partial charge on any atom is -0.489 e. The maximum Gasteiger partial charge on any atom is 0.120 e. The van der Waals surface area contributed by atoms with Crippen LogP contribution in [-0.4, -0.2) is 0 Å². The van der Waals surface area contributed by atoms with Gasteiger partial charge in [0.15, 0.2) is 0 Å². The highest BCUT2D eigenvalue weighted by atomic mass is 16.5. The van der Waals surface area contributed by atoms with Gasteiger partial charge in [-0.25, -0.2) is 0 Å². The van der Waals surface area contributed by atoms with Gasteiger partial charge in [-0.1, -0.05) is 55.5 Å². The largest absolute Gasteiger partial charge is 0.489 e. The van der Waals surface area contributed by atoms with Crippen LogP contribution in [0.1, 0.15) is 30.5 Å². The lowest BCUT2D eigenvalue weighted by Crippen LogP contribution is -2.00. The van der Waals surface area contributed by atoms with Gasteiger partial charge in [0, 0.05) is 0 Å². The fourth-order valence-electron chi connectivity index (χ4n) is 2.47. The van der Waals surface area contributed by atoms with E-state index in [9.17, 15) is 0 Å². The fraction of sp³-hybridized carbons (Fsp3) is 0.300. The van der Waals surface area contributed by atoms with Crippen molar-refractivity contribution in [3.05, 3.63) is 77.4 Å². The minimum atomic E-state index is 0.574. The molecule has 0 N–H and O–H groups in total. The summed E-state index contributed by atoms with van der Waals surface area (Å²) in [6.07, 6.45) is 5.45. The summed E-state index contributed by atoms with van der Waals surface area (Å²) in [5, 5.41) is 0. The molecule has 2 aromatic carbocycles. The molecule has 0 aliphatic carbocycles. The molecule has 0 saturated heterocycles. The fourth-order valence-corrected chi connectivity index (χ4v) is 2.47. The van der Waals surface area contributed by atoms with Gasteiger partial charge < -0.3 is 4.74 Å². The summed E-state index contributed by atoms with van der Waals surface area (Å²) >= 11 is 0. The third kappa shape index (κ3) is 4.78. The van der Waals surface area contributed by atoms with E-state index in [-0.39, 0.29) is 0 Å². The quantitative estimate of drug-likeness (QED) is 0.650. The molecule has 0 radical (unpaired) electrons. The van der Waals surface area contributed by atoms with Crippen LogP contribution < -0.4 is 4.74 Å². The second-order valence-corrected chi connectivity index (χ2v) is 5.57. The molecule has 0 amide bonds. The Morgan fingerprint density at radius 1 is 1.10 bits per heavy atom. The number of aryl methyl sites for hydroxylation is 1. The molecule has 0 spiro atoms. The van der Waals surface area contributed by atoms with Gasteiger partial charge in [-0.3, -0.25) is 0 Å². The van der Waals surface area contributed by atoms with E-state index in [2.05, 4.69) is 63.3 Å². The first-order valence-corrected chi connectivity index (χ1v) is 7.58. The summed E-state index contributed by atoms with van der Waals surface area (Å²) < 4.78 is 5.87. The van der Waals surface area contributed by atoms with Crippen molar-refractivity contribution in [3.63, 3.8) is 0 Å². The first-order chi connectivity index (χ1) is 10.2. The zero-order valence-corrected chi connectivity index (χ0v) is 13.2. The molecule has 0 fully saturated rings. The molecule has 110 valence electrons. The van der Waals surface area contributed by atoms with Gasteiger partial charge >= 0.3 is 0 Å². The highest BCUT2D eigenvalue weighted by molar-refractivity contribution is 5.35. The van der Waals surface area contributed by atoms with Gasteiger partial charge in [0.1, 0.15) is 12.4 Å². The number of allylic oxidation sites excluding steroid dienone is 2. The maximum atomic E-state index is 5.87. The Labute approximate surface area is 128 Å². The van der Waals surface area contributed by atoms with Crippen LogP contribution in [0.25, 0.3) is 0 Å². The molecule has 2 rings (SSSR count). The van der Waals surface area contributed by atoms with E-state index in [1.807, 2.05) is 18.2 Å². The average molecular weight is 280 g/mol. The minimum absolute atomic E-state index is 0.574. The van der Waals surface area contributed by atoms with E-state index in [1.165, 1.54) is 16.7 Å². The van der Waals surface area contributed by atoms with Crippen LogP contribution in [0.4, 0.5) is 0 Å². The van der Waals surface area contributed by atoms with Crippen LogP contribution in [0.5, 0.6) is 5.75 Å². The molecule has 0 aromatic heterocycles. The molecule has 1 unspecified atom stereocenters. The van der Waals surface area contributed by atoms with Crippen LogP contribution in [0.15, 0.2) is 60.7 Å². The van der Waals surface area contributed by atoms with E-state index in [1.54, 1.807) is 0 Å². The number of hydrogen-bond acceptors (Lipinski definition) is 1. The molecule has 0 saturated carbocycles.